The summed E-state index contributed by atoms with van der Waals surface area (Å²) < 4.78 is 0.773. The highest BCUT2D eigenvalue weighted by Crippen LogP contribution is 2.46. The Hall–Kier alpha value is -2.68. The van der Waals surface area contributed by atoms with Crippen LogP contribution >= 0.6 is 23.1 Å². The number of nitrogen functional groups attached to an aromatic ring is 1. The molecule has 1 aromatic heterocycles. The van der Waals surface area contributed by atoms with Crippen LogP contribution in [0.4, 0.5) is 5.13 Å². The van der Waals surface area contributed by atoms with Gasteiger partial charge in [-0.15, -0.1) is 23.1 Å². The molecule has 4 saturated heterocycles. The first-order valence-electron chi connectivity index (χ1n) is 11.7. The molecule has 2 bridgehead atoms. The maximum absolute atomic E-state index is 13.1. The van der Waals surface area contributed by atoms with Crippen LogP contribution in [0, 0.1) is 5.41 Å². The average Bonchev–Trinajstić information content (AvgIpc) is 3.31. The first-order chi connectivity index (χ1) is 17.2. The van der Waals surface area contributed by atoms with Gasteiger partial charge < -0.3 is 35.4 Å². The number of nitrogens with zero attached hydrogens (tertiary/aromatic N) is 4. The lowest BCUT2D eigenvalue weighted by molar-refractivity contribution is -0.941. The Morgan fingerprint density at radius 3 is 2.64 bits per heavy atom. The minimum atomic E-state index is -1.38. The number of aliphatic hydroxyl groups is 1. The maximum Gasteiger partial charge on any atom is 0.276 e. The van der Waals surface area contributed by atoms with Crippen molar-refractivity contribution in [3.8, 4) is 0 Å². The number of nitrogens with two attached hydrogens (primary N) is 1. The molecule has 14 heteroatoms. The van der Waals surface area contributed by atoms with Crippen molar-refractivity contribution in [1.29, 1.82) is 0 Å². The number of quaternary nitrogens is 1. The molecule has 0 unspecified atom stereocenters. The third-order valence-corrected chi connectivity index (χ3v) is 9.91. The van der Waals surface area contributed by atoms with E-state index in [9.17, 15) is 24.6 Å². The number of rotatable bonds is 8. The van der Waals surface area contributed by atoms with Crippen molar-refractivity contribution in [2.75, 3.05) is 51.4 Å². The van der Waals surface area contributed by atoms with Gasteiger partial charge in [0.15, 0.2) is 10.8 Å². The molecule has 6 rings (SSSR count). The van der Waals surface area contributed by atoms with Gasteiger partial charge in [0, 0.05) is 48.0 Å². The van der Waals surface area contributed by atoms with Gasteiger partial charge in [0.05, 0.1) is 31.3 Å². The molecule has 0 spiro atoms. The predicted octanol–water partition coefficient (Wildman–Crippen LogP) is -1.53. The lowest BCUT2D eigenvalue weighted by Gasteiger charge is -2.56. The number of thiazole rings is 1. The van der Waals surface area contributed by atoms with Gasteiger partial charge in [0.2, 0.25) is 0 Å². The molecule has 0 aromatic carbocycles. The zero-order valence-corrected chi connectivity index (χ0v) is 21.4. The van der Waals surface area contributed by atoms with Crippen molar-refractivity contribution in [2.45, 2.75) is 30.7 Å². The fourth-order valence-corrected chi connectivity index (χ4v) is 7.59. The van der Waals surface area contributed by atoms with Gasteiger partial charge in [0.25, 0.3) is 11.8 Å². The fourth-order valence-electron chi connectivity index (χ4n) is 5.71. The number of β-lactam (4-membered cyclic amide) rings is 1. The summed E-state index contributed by atoms with van der Waals surface area (Å²) in [5, 5.41) is 29.6. The first kappa shape index (κ1) is 25.0. The molecule has 36 heavy (non-hydrogen) atoms. The molecule has 12 nitrogen and oxygen atoms in total. The normalized spacial score (nSPS) is 31.7. The average molecular weight is 537 g/mol. The molecule has 4 fully saturated rings. The van der Waals surface area contributed by atoms with E-state index in [-0.39, 0.29) is 34.3 Å². The number of carbonyl (C=O) groups excluding carboxylic acids is 3. The molecule has 6 heterocycles. The van der Waals surface area contributed by atoms with Gasteiger partial charge in [-0.1, -0.05) is 5.16 Å². The maximum atomic E-state index is 13.1. The van der Waals surface area contributed by atoms with Crippen molar-refractivity contribution in [3.05, 3.63) is 22.3 Å². The van der Waals surface area contributed by atoms with Crippen LogP contribution in [0.25, 0.3) is 0 Å². The Morgan fingerprint density at radius 2 is 2.08 bits per heavy atom. The number of carboxylic acids is 1. The number of anilines is 1. The summed E-state index contributed by atoms with van der Waals surface area (Å²) in [7, 11) is 1.29. The molecule has 5 aliphatic rings. The molecule has 2 atom stereocenters. The van der Waals surface area contributed by atoms with Crippen molar-refractivity contribution in [2.24, 2.45) is 10.6 Å². The second-order valence-corrected chi connectivity index (χ2v) is 11.9. The lowest BCUT2D eigenvalue weighted by atomic mass is 9.71. The molecular weight excluding hydrogens is 508 g/mol. The number of hydrogen-bond donors (Lipinski definition) is 3. The molecule has 0 saturated carbocycles. The SMILES string of the molecule is CO/N=C(\C(=O)N[C@@H]1C(=O)N2C(C(=O)[O-])=C(C[N+]34CCC(CO)(CC3)CC4)CS[C@H]12)c1csc(N)n1. The number of carbonyl (C=O) groups is 3. The van der Waals surface area contributed by atoms with Crippen LogP contribution in [0.2, 0.25) is 0 Å². The highest BCUT2D eigenvalue weighted by Gasteiger charge is 2.55. The van der Waals surface area contributed by atoms with E-state index in [0.29, 0.717) is 17.9 Å². The summed E-state index contributed by atoms with van der Waals surface area (Å²) in [5.74, 6) is -2.14. The molecule has 4 N–H and O–H groups in total. The van der Waals surface area contributed by atoms with E-state index in [0.717, 1.165) is 54.7 Å². The van der Waals surface area contributed by atoms with E-state index in [1.165, 1.54) is 23.8 Å². The van der Waals surface area contributed by atoms with Crippen LogP contribution in [0.15, 0.2) is 21.8 Å². The standard InChI is InChI=1S/C22H28N6O6S2/c1-34-26-14(13-10-36-21(23)24-13)17(30)25-15-18(31)27-16(20(32)33)12(9-35-19(15)27)8-28-5-2-22(11-29,3-6-28)4-7-28/h10,15,19,29H,2-9,11H2,1H3,(H3-,23,24,25,30,32,33)/b26-14-/t15-,19-,22?,28?/m1/s1. The number of piperidine rings is 3. The summed E-state index contributed by atoms with van der Waals surface area (Å²) in [6.07, 6.45) is 2.75. The summed E-state index contributed by atoms with van der Waals surface area (Å²) in [6.45, 7) is 3.39. The van der Waals surface area contributed by atoms with Crippen LogP contribution in [-0.2, 0) is 19.2 Å². The van der Waals surface area contributed by atoms with Gasteiger partial charge >= 0.3 is 0 Å². The first-order valence-corrected chi connectivity index (χ1v) is 13.6. The van der Waals surface area contributed by atoms with Gasteiger partial charge in [-0.25, -0.2) is 4.98 Å². The van der Waals surface area contributed by atoms with Crippen molar-refractivity contribution < 1.29 is 33.9 Å². The number of carboxylic acid groups (broad SMARTS) is 1. The molecule has 2 amide bonds. The number of aromatic nitrogens is 1. The Morgan fingerprint density at radius 1 is 1.39 bits per heavy atom. The zero-order valence-electron chi connectivity index (χ0n) is 19.8. The number of hydrogen-bond acceptors (Lipinski definition) is 11. The second-order valence-electron chi connectivity index (χ2n) is 9.87. The number of aliphatic carboxylic acids is 1. The quantitative estimate of drug-likeness (QED) is 0.154. The highest BCUT2D eigenvalue weighted by molar-refractivity contribution is 8.00. The Balaban J connectivity index is 1.32. The van der Waals surface area contributed by atoms with E-state index in [4.69, 9.17) is 10.6 Å². The monoisotopic (exact) mass is 536 g/mol. The lowest BCUT2D eigenvalue weighted by Crippen LogP contribution is -2.72. The van der Waals surface area contributed by atoms with Crippen molar-refractivity contribution in [3.63, 3.8) is 0 Å². The summed E-state index contributed by atoms with van der Waals surface area (Å²) in [5.41, 5.74) is 6.36. The molecular formula is C22H28N6O6S2. The summed E-state index contributed by atoms with van der Waals surface area (Å²) in [4.78, 5) is 48.2. The fraction of sp³-hybridized carbons (Fsp3) is 0.591. The largest absolute Gasteiger partial charge is 0.543 e. The molecule has 1 aromatic rings. The third kappa shape index (κ3) is 4.15. The zero-order chi connectivity index (χ0) is 25.7. The third-order valence-electron chi connectivity index (χ3n) is 7.90. The summed E-state index contributed by atoms with van der Waals surface area (Å²) >= 11 is 2.56. The number of oxime groups is 1. The number of thioether (sulfide) groups is 1. The topological polar surface area (TPSA) is 170 Å². The molecule has 0 aliphatic carbocycles. The Kier molecular flexibility index (Phi) is 6.47. The number of aliphatic hydroxyl groups excluding tert-OH is 1. The number of nitrogens with one attached hydrogen (secondary N) is 1. The summed E-state index contributed by atoms with van der Waals surface area (Å²) in [6, 6.07) is -0.918. The van der Waals surface area contributed by atoms with Crippen LogP contribution < -0.4 is 16.2 Å². The van der Waals surface area contributed by atoms with Crippen molar-refractivity contribution in [1.82, 2.24) is 15.2 Å². The molecule has 194 valence electrons. The van der Waals surface area contributed by atoms with Crippen LogP contribution in [0.3, 0.4) is 0 Å². The second kappa shape index (κ2) is 9.32. The van der Waals surface area contributed by atoms with E-state index < -0.39 is 29.2 Å². The van der Waals surface area contributed by atoms with E-state index in [1.54, 1.807) is 5.38 Å². The Bertz CT molecular complexity index is 1140. The minimum Gasteiger partial charge on any atom is -0.543 e. The van der Waals surface area contributed by atoms with E-state index >= 15 is 0 Å². The van der Waals surface area contributed by atoms with Gasteiger partial charge in [0.1, 0.15) is 30.8 Å². The van der Waals surface area contributed by atoms with Crippen LogP contribution in [0.5, 0.6) is 0 Å². The Labute approximate surface area is 215 Å². The number of amides is 2. The van der Waals surface area contributed by atoms with E-state index in [1.807, 2.05) is 0 Å². The molecule has 0 radical (unpaired) electrons. The van der Waals surface area contributed by atoms with Crippen molar-refractivity contribution >= 4 is 51.7 Å². The van der Waals surface area contributed by atoms with Gasteiger partial charge in [-0.3, -0.25) is 14.5 Å². The van der Waals surface area contributed by atoms with E-state index in [2.05, 4.69) is 15.5 Å². The number of fused-ring (bicyclic) bond motifs is 4. The minimum absolute atomic E-state index is 0.00603. The van der Waals surface area contributed by atoms with Crippen LogP contribution in [-0.4, -0.2) is 100 Å². The molecule has 5 aliphatic heterocycles. The smallest absolute Gasteiger partial charge is 0.276 e. The van der Waals surface area contributed by atoms with Gasteiger partial charge in [-0.05, 0) is 0 Å². The van der Waals surface area contributed by atoms with Crippen LogP contribution in [0.1, 0.15) is 25.0 Å². The van der Waals surface area contributed by atoms with Gasteiger partial charge in [-0.2, -0.15) is 0 Å². The highest BCUT2D eigenvalue weighted by atomic mass is 32.2. The predicted molar refractivity (Wildman–Crippen MR) is 130 cm³/mol.